The Labute approximate surface area is 238 Å². The molecular formula is C37H21N3O2. The van der Waals surface area contributed by atoms with E-state index in [2.05, 4.69) is 106 Å². The van der Waals surface area contributed by atoms with Crippen molar-refractivity contribution in [3.8, 4) is 11.7 Å². The van der Waals surface area contributed by atoms with E-state index >= 15 is 0 Å². The number of para-hydroxylation sites is 4. The van der Waals surface area contributed by atoms with Gasteiger partial charge in [-0.1, -0.05) is 72.8 Å². The minimum Gasteiger partial charge on any atom is -0.456 e. The highest BCUT2D eigenvalue weighted by Gasteiger charge is 2.23. The molecule has 0 saturated carbocycles. The van der Waals surface area contributed by atoms with E-state index in [1.54, 1.807) is 0 Å². The van der Waals surface area contributed by atoms with Crippen LogP contribution < -0.4 is 0 Å². The van der Waals surface area contributed by atoms with Crippen molar-refractivity contribution in [2.24, 2.45) is 0 Å². The van der Waals surface area contributed by atoms with Crippen LogP contribution in [0, 0.1) is 0 Å². The molecule has 0 aliphatic rings. The SMILES string of the molecule is c1ccc(-n2c3ccccc3c3c4c5ccccc5n(-c5nc6c(ccc7oc8ccccc8c76)o5)c4ccc32)cc1. The van der Waals surface area contributed by atoms with Gasteiger partial charge in [0.1, 0.15) is 16.7 Å². The highest BCUT2D eigenvalue weighted by atomic mass is 16.4. The summed E-state index contributed by atoms with van der Waals surface area (Å²) in [5, 5.41) is 6.81. The maximum atomic E-state index is 6.53. The topological polar surface area (TPSA) is 49.0 Å². The van der Waals surface area contributed by atoms with Crippen molar-refractivity contribution in [2.45, 2.75) is 0 Å². The van der Waals surface area contributed by atoms with Gasteiger partial charge in [0, 0.05) is 32.6 Å². The molecular weight excluding hydrogens is 518 g/mol. The predicted molar refractivity (Wildman–Crippen MR) is 170 cm³/mol. The molecule has 0 unspecified atom stereocenters. The van der Waals surface area contributed by atoms with E-state index in [9.17, 15) is 0 Å². The first-order chi connectivity index (χ1) is 20.8. The summed E-state index contributed by atoms with van der Waals surface area (Å²) < 4.78 is 17.2. The predicted octanol–water partition coefficient (Wildman–Crippen LogP) is 9.92. The first-order valence-corrected chi connectivity index (χ1v) is 14.1. The van der Waals surface area contributed by atoms with Crippen molar-refractivity contribution in [2.75, 3.05) is 0 Å². The number of nitrogens with zero attached hydrogens (tertiary/aromatic N) is 3. The van der Waals surface area contributed by atoms with Crippen molar-refractivity contribution in [3.05, 3.63) is 127 Å². The van der Waals surface area contributed by atoms with Crippen molar-refractivity contribution in [1.82, 2.24) is 14.1 Å². The van der Waals surface area contributed by atoms with Crippen LogP contribution in [-0.4, -0.2) is 14.1 Å². The third-order valence-corrected chi connectivity index (χ3v) is 8.57. The van der Waals surface area contributed by atoms with Crippen LogP contribution in [0.2, 0.25) is 0 Å². The molecule has 0 aliphatic carbocycles. The number of hydrogen-bond acceptors (Lipinski definition) is 3. The van der Waals surface area contributed by atoms with E-state index in [1.807, 2.05) is 30.3 Å². The van der Waals surface area contributed by atoms with Crippen LogP contribution in [0.3, 0.4) is 0 Å². The summed E-state index contributed by atoms with van der Waals surface area (Å²) in [5.41, 5.74) is 8.79. The third kappa shape index (κ3) is 2.74. The van der Waals surface area contributed by atoms with Crippen LogP contribution in [-0.2, 0) is 0 Å². The lowest BCUT2D eigenvalue weighted by Gasteiger charge is -2.07. The monoisotopic (exact) mass is 539 g/mol. The van der Waals surface area contributed by atoms with Crippen molar-refractivity contribution in [1.29, 1.82) is 0 Å². The molecule has 0 atom stereocenters. The van der Waals surface area contributed by atoms with Crippen LogP contribution in [0.15, 0.2) is 136 Å². The molecule has 10 aromatic rings. The minimum atomic E-state index is 0.542. The normalized spacial score (nSPS) is 12.3. The molecule has 4 heterocycles. The molecule has 0 spiro atoms. The zero-order chi connectivity index (χ0) is 27.4. The summed E-state index contributed by atoms with van der Waals surface area (Å²) >= 11 is 0. The highest BCUT2D eigenvalue weighted by molar-refractivity contribution is 6.29. The number of benzene rings is 6. The van der Waals surface area contributed by atoms with Crippen molar-refractivity contribution < 1.29 is 8.83 Å². The van der Waals surface area contributed by atoms with Crippen LogP contribution in [0.25, 0.3) is 88.4 Å². The van der Waals surface area contributed by atoms with E-state index in [0.717, 1.165) is 55.1 Å². The zero-order valence-electron chi connectivity index (χ0n) is 22.3. The molecule has 0 radical (unpaired) electrons. The molecule has 5 heteroatoms. The number of furan rings is 1. The van der Waals surface area contributed by atoms with Gasteiger partial charge in [0.2, 0.25) is 0 Å². The summed E-state index contributed by atoms with van der Waals surface area (Å²) in [6, 6.07) is 44.7. The van der Waals surface area contributed by atoms with Crippen LogP contribution >= 0.6 is 0 Å². The van der Waals surface area contributed by atoms with Gasteiger partial charge in [-0.25, -0.2) is 0 Å². The molecule has 5 nitrogen and oxygen atoms in total. The Morgan fingerprint density at radius 2 is 1.00 bits per heavy atom. The van der Waals surface area contributed by atoms with E-state index in [-0.39, 0.29) is 0 Å². The summed E-state index contributed by atoms with van der Waals surface area (Å²) in [5.74, 6) is 0. The first kappa shape index (κ1) is 21.9. The van der Waals surface area contributed by atoms with Gasteiger partial charge >= 0.3 is 6.01 Å². The Hall–Kier alpha value is -5.81. The molecule has 0 aliphatic heterocycles. The van der Waals surface area contributed by atoms with E-state index in [1.165, 1.54) is 27.2 Å². The average Bonchev–Trinajstić information content (AvgIpc) is 3.79. The Balaban J connectivity index is 1.35. The van der Waals surface area contributed by atoms with E-state index in [0.29, 0.717) is 6.01 Å². The maximum Gasteiger partial charge on any atom is 0.307 e. The fourth-order valence-electron chi connectivity index (χ4n) is 6.86. The lowest BCUT2D eigenvalue weighted by Crippen LogP contribution is -1.94. The van der Waals surface area contributed by atoms with Gasteiger partial charge in [-0.15, -0.1) is 0 Å². The Bertz CT molecular complexity index is 2690. The van der Waals surface area contributed by atoms with E-state index < -0.39 is 0 Å². The quantitative estimate of drug-likeness (QED) is 0.220. The second-order valence-electron chi connectivity index (χ2n) is 10.8. The Morgan fingerprint density at radius 3 is 1.76 bits per heavy atom. The van der Waals surface area contributed by atoms with Gasteiger partial charge < -0.3 is 13.4 Å². The Kier molecular flexibility index (Phi) is 4.12. The zero-order valence-corrected chi connectivity index (χ0v) is 22.3. The first-order valence-electron chi connectivity index (χ1n) is 14.1. The smallest absolute Gasteiger partial charge is 0.307 e. The number of aromatic nitrogens is 3. The molecule has 0 saturated heterocycles. The molecule has 4 aromatic heterocycles. The molecule has 10 rings (SSSR count). The number of oxazole rings is 1. The van der Waals surface area contributed by atoms with Gasteiger partial charge in [-0.05, 0) is 54.6 Å². The highest BCUT2D eigenvalue weighted by Crippen LogP contribution is 2.43. The fourth-order valence-corrected chi connectivity index (χ4v) is 6.86. The van der Waals surface area contributed by atoms with Crippen LogP contribution in [0.5, 0.6) is 0 Å². The minimum absolute atomic E-state index is 0.542. The Morgan fingerprint density at radius 1 is 0.405 bits per heavy atom. The molecule has 0 N–H and O–H groups in total. The van der Waals surface area contributed by atoms with Crippen LogP contribution in [0.4, 0.5) is 0 Å². The number of rotatable bonds is 2. The largest absolute Gasteiger partial charge is 0.456 e. The van der Waals surface area contributed by atoms with Crippen LogP contribution in [0.1, 0.15) is 0 Å². The molecule has 0 fully saturated rings. The number of hydrogen-bond donors (Lipinski definition) is 0. The summed E-state index contributed by atoms with van der Waals surface area (Å²) in [7, 11) is 0. The van der Waals surface area contributed by atoms with E-state index in [4.69, 9.17) is 13.8 Å². The molecule has 42 heavy (non-hydrogen) atoms. The third-order valence-electron chi connectivity index (χ3n) is 8.57. The summed E-state index contributed by atoms with van der Waals surface area (Å²) in [4.78, 5) is 5.13. The standard InChI is InChI=1S/C37H21N3O2/c1-2-10-22(11-3-1)39-26-15-7-4-12-23(26)33-28(39)18-19-29-34(33)24-13-5-8-16-27(24)40(29)37-38-36-32(42-37)21-20-31-35(36)25-14-6-9-17-30(25)41-31/h1-21H. The second-order valence-corrected chi connectivity index (χ2v) is 10.8. The average molecular weight is 540 g/mol. The van der Waals surface area contributed by atoms with Gasteiger partial charge in [0.25, 0.3) is 0 Å². The summed E-state index contributed by atoms with van der Waals surface area (Å²) in [6.07, 6.45) is 0. The van der Waals surface area contributed by atoms with Crippen molar-refractivity contribution in [3.63, 3.8) is 0 Å². The van der Waals surface area contributed by atoms with Gasteiger partial charge in [0.15, 0.2) is 5.58 Å². The maximum absolute atomic E-state index is 6.53. The summed E-state index contributed by atoms with van der Waals surface area (Å²) in [6.45, 7) is 0. The van der Waals surface area contributed by atoms with Crippen molar-refractivity contribution >= 4 is 76.6 Å². The van der Waals surface area contributed by atoms with Gasteiger partial charge in [-0.3, -0.25) is 4.57 Å². The molecule has 0 bridgehead atoms. The van der Waals surface area contributed by atoms with Gasteiger partial charge in [0.05, 0.1) is 27.5 Å². The molecule has 196 valence electrons. The lowest BCUT2D eigenvalue weighted by molar-refractivity contribution is 0.574. The molecule has 6 aromatic carbocycles. The lowest BCUT2D eigenvalue weighted by atomic mass is 10.1. The second kappa shape index (κ2) is 7.89. The number of fused-ring (bicyclic) bond motifs is 12. The fraction of sp³-hybridized carbons (Fsp3) is 0. The van der Waals surface area contributed by atoms with Gasteiger partial charge in [-0.2, -0.15) is 4.98 Å². The molecule has 0 amide bonds.